The first-order chi connectivity index (χ1) is 10.2. The summed E-state index contributed by atoms with van der Waals surface area (Å²) in [5.74, 6) is -0.162. The molecule has 0 bridgehead atoms. The van der Waals surface area contributed by atoms with Crippen LogP contribution in [-0.2, 0) is 6.42 Å². The van der Waals surface area contributed by atoms with Crippen molar-refractivity contribution in [2.45, 2.75) is 18.0 Å². The van der Waals surface area contributed by atoms with Crippen LogP contribution in [-0.4, -0.2) is 28.7 Å². The first kappa shape index (κ1) is 14.4. The van der Waals surface area contributed by atoms with Crippen molar-refractivity contribution in [2.24, 2.45) is 0 Å². The highest BCUT2D eigenvalue weighted by atomic mass is 35.5. The van der Waals surface area contributed by atoms with Crippen molar-refractivity contribution in [1.82, 2.24) is 9.97 Å². The fourth-order valence-electron chi connectivity index (χ4n) is 2.47. The van der Waals surface area contributed by atoms with Gasteiger partial charge in [0, 0.05) is 12.2 Å². The highest BCUT2D eigenvalue weighted by molar-refractivity contribution is 7.98. The van der Waals surface area contributed by atoms with Gasteiger partial charge in [-0.3, -0.25) is 4.79 Å². The van der Waals surface area contributed by atoms with Crippen LogP contribution < -0.4 is 4.90 Å². The first-order valence-electron chi connectivity index (χ1n) is 6.67. The summed E-state index contributed by atoms with van der Waals surface area (Å²) in [5, 5.41) is 0.842. The molecule has 1 aliphatic heterocycles. The Morgan fingerprint density at radius 3 is 3.00 bits per heavy atom. The van der Waals surface area contributed by atoms with Crippen LogP contribution in [0.25, 0.3) is 0 Å². The Labute approximate surface area is 132 Å². The fourth-order valence-corrected chi connectivity index (χ4v) is 2.98. The Hall–Kier alpha value is -1.59. The van der Waals surface area contributed by atoms with Gasteiger partial charge in [-0.15, -0.1) is 0 Å². The van der Waals surface area contributed by atoms with E-state index in [4.69, 9.17) is 11.6 Å². The maximum atomic E-state index is 12.8. The van der Waals surface area contributed by atoms with Crippen LogP contribution in [0, 0.1) is 0 Å². The van der Waals surface area contributed by atoms with E-state index in [1.54, 1.807) is 4.90 Å². The van der Waals surface area contributed by atoms with Gasteiger partial charge >= 0.3 is 0 Å². The van der Waals surface area contributed by atoms with Crippen molar-refractivity contribution in [3.8, 4) is 0 Å². The van der Waals surface area contributed by atoms with Crippen molar-refractivity contribution in [1.29, 1.82) is 0 Å². The van der Waals surface area contributed by atoms with Gasteiger partial charge in [0.1, 0.15) is 0 Å². The van der Waals surface area contributed by atoms with E-state index in [0.717, 1.165) is 18.5 Å². The van der Waals surface area contributed by atoms with Crippen LogP contribution in [0.4, 0.5) is 5.69 Å². The van der Waals surface area contributed by atoms with Gasteiger partial charge in [-0.05, 0) is 30.7 Å². The molecule has 0 atom stereocenters. The zero-order valence-corrected chi connectivity index (χ0v) is 13.1. The second kappa shape index (κ2) is 6.03. The van der Waals surface area contributed by atoms with Gasteiger partial charge < -0.3 is 4.90 Å². The lowest BCUT2D eigenvalue weighted by Gasteiger charge is -2.29. The van der Waals surface area contributed by atoms with Crippen molar-refractivity contribution in [2.75, 3.05) is 17.7 Å². The van der Waals surface area contributed by atoms with Crippen LogP contribution in [0.2, 0.25) is 5.02 Å². The lowest BCUT2D eigenvalue weighted by atomic mass is 10.0. The molecule has 0 radical (unpaired) electrons. The molecule has 1 aromatic heterocycles. The largest absolute Gasteiger partial charge is 0.307 e. The Morgan fingerprint density at radius 1 is 1.38 bits per heavy atom. The third kappa shape index (κ3) is 2.76. The molecule has 6 heteroatoms. The Morgan fingerprint density at radius 2 is 2.19 bits per heavy atom. The summed E-state index contributed by atoms with van der Waals surface area (Å²) >= 11 is 7.50. The summed E-state index contributed by atoms with van der Waals surface area (Å²) in [6.07, 6.45) is 5.30. The van der Waals surface area contributed by atoms with E-state index < -0.39 is 0 Å². The third-order valence-corrected chi connectivity index (χ3v) is 4.30. The molecule has 0 spiro atoms. The topological polar surface area (TPSA) is 46.1 Å². The Kier molecular flexibility index (Phi) is 4.12. The second-order valence-electron chi connectivity index (χ2n) is 4.74. The highest BCUT2D eigenvalue weighted by Gasteiger charge is 2.26. The summed E-state index contributed by atoms with van der Waals surface area (Å²) in [6.45, 7) is 0.685. The van der Waals surface area contributed by atoms with Gasteiger partial charge in [-0.25, -0.2) is 9.97 Å². The molecular formula is C15H14ClN3OS. The highest BCUT2D eigenvalue weighted by Crippen LogP contribution is 2.29. The molecule has 0 aliphatic carbocycles. The molecule has 108 valence electrons. The minimum absolute atomic E-state index is 0.162. The summed E-state index contributed by atoms with van der Waals surface area (Å²) in [7, 11) is 0. The zero-order chi connectivity index (χ0) is 14.8. The number of para-hydroxylation sites is 1. The number of amides is 1. The van der Waals surface area contributed by atoms with E-state index in [0.29, 0.717) is 16.7 Å². The number of aromatic nitrogens is 2. The average molecular weight is 320 g/mol. The van der Waals surface area contributed by atoms with Gasteiger partial charge in [0.2, 0.25) is 0 Å². The van der Waals surface area contributed by atoms with E-state index in [1.165, 1.54) is 23.5 Å². The molecule has 0 N–H and O–H groups in total. The lowest BCUT2D eigenvalue weighted by Crippen LogP contribution is -2.36. The third-order valence-electron chi connectivity index (χ3n) is 3.46. The quantitative estimate of drug-likeness (QED) is 0.628. The number of rotatable bonds is 2. The van der Waals surface area contributed by atoms with E-state index in [1.807, 2.05) is 24.5 Å². The number of halogens is 1. The lowest BCUT2D eigenvalue weighted by molar-refractivity contribution is 0.0979. The molecule has 0 unspecified atom stereocenters. The summed E-state index contributed by atoms with van der Waals surface area (Å²) in [6, 6.07) is 7.97. The van der Waals surface area contributed by atoms with Gasteiger partial charge in [0.25, 0.3) is 5.91 Å². The number of benzene rings is 1. The molecule has 2 aromatic rings. The van der Waals surface area contributed by atoms with E-state index in [9.17, 15) is 4.79 Å². The standard InChI is InChI=1S/C15H14ClN3OS/c1-21-15-17-9-11(16)13(18-15)14(20)19-8-4-6-10-5-2-3-7-12(10)19/h2-3,5,7,9H,4,6,8H2,1H3. The molecule has 1 aromatic carbocycles. The smallest absolute Gasteiger partial charge is 0.278 e. The van der Waals surface area contributed by atoms with Crippen LogP contribution in [0.1, 0.15) is 22.5 Å². The fraction of sp³-hybridized carbons (Fsp3) is 0.267. The van der Waals surface area contributed by atoms with Crippen molar-refractivity contribution in [3.63, 3.8) is 0 Å². The molecule has 2 heterocycles. The average Bonchev–Trinajstić information content (AvgIpc) is 2.54. The minimum atomic E-state index is -0.162. The molecule has 1 amide bonds. The van der Waals surface area contributed by atoms with Gasteiger partial charge in [0.15, 0.2) is 10.9 Å². The van der Waals surface area contributed by atoms with Crippen molar-refractivity contribution in [3.05, 3.63) is 46.7 Å². The number of carbonyl (C=O) groups is 1. The molecule has 0 saturated carbocycles. The van der Waals surface area contributed by atoms with Crippen LogP contribution in [0.5, 0.6) is 0 Å². The molecule has 0 saturated heterocycles. The van der Waals surface area contributed by atoms with Crippen LogP contribution in [0.15, 0.2) is 35.6 Å². The van der Waals surface area contributed by atoms with Crippen LogP contribution >= 0.6 is 23.4 Å². The van der Waals surface area contributed by atoms with Gasteiger partial charge in [-0.1, -0.05) is 41.6 Å². The molecule has 4 nitrogen and oxygen atoms in total. The molecular weight excluding hydrogens is 306 g/mol. The molecule has 3 rings (SSSR count). The molecule has 21 heavy (non-hydrogen) atoms. The maximum Gasteiger partial charge on any atom is 0.278 e. The summed E-state index contributed by atoms with van der Waals surface area (Å²) < 4.78 is 0. The molecule has 1 aliphatic rings. The number of hydrogen-bond donors (Lipinski definition) is 0. The normalized spacial score (nSPS) is 13.9. The number of hydrogen-bond acceptors (Lipinski definition) is 4. The SMILES string of the molecule is CSc1ncc(Cl)c(C(=O)N2CCCc3ccccc32)n1. The number of carbonyl (C=O) groups excluding carboxylic acids is 1. The number of nitrogens with zero attached hydrogens (tertiary/aromatic N) is 3. The summed E-state index contributed by atoms with van der Waals surface area (Å²) in [5.41, 5.74) is 2.41. The predicted octanol–water partition coefficient (Wildman–Crippen LogP) is 3.44. The van der Waals surface area contributed by atoms with Gasteiger partial charge in [0.05, 0.1) is 11.2 Å². The number of fused-ring (bicyclic) bond motifs is 1. The predicted molar refractivity (Wildman–Crippen MR) is 85.3 cm³/mol. The number of thioether (sulfide) groups is 1. The summed E-state index contributed by atoms with van der Waals surface area (Å²) in [4.78, 5) is 22.9. The van der Waals surface area contributed by atoms with Crippen molar-refractivity contribution < 1.29 is 4.79 Å². The van der Waals surface area contributed by atoms with Crippen LogP contribution in [0.3, 0.4) is 0 Å². The van der Waals surface area contributed by atoms with E-state index >= 15 is 0 Å². The Balaban J connectivity index is 2.00. The van der Waals surface area contributed by atoms with Crippen molar-refractivity contribution >= 4 is 35.0 Å². The first-order valence-corrected chi connectivity index (χ1v) is 8.27. The molecule has 0 fully saturated rings. The maximum absolute atomic E-state index is 12.8. The monoisotopic (exact) mass is 319 g/mol. The number of aryl methyl sites for hydroxylation is 1. The zero-order valence-electron chi connectivity index (χ0n) is 11.5. The number of anilines is 1. The van der Waals surface area contributed by atoms with E-state index in [2.05, 4.69) is 16.0 Å². The minimum Gasteiger partial charge on any atom is -0.307 e. The second-order valence-corrected chi connectivity index (χ2v) is 5.92. The Bertz CT molecular complexity index is 692. The van der Waals surface area contributed by atoms with E-state index in [-0.39, 0.29) is 11.6 Å². The van der Waals surface area contributed by atoms with Gasteiger partial charge in [-0.2, -0.15) is 0 Å².